The summed E-state index contributed by atoms with van der Waals surface area (Å²) in [5, 5.41) is 11.7. The van der Waals surface area contributed by atoms with Gasteiger partial charge in [0, 0.05) is 29.4 Å². The topological polar surface area (TPSA) is 56.1 Å². The highest BCUT2D eigenvalue weighted by molar-refractivity contribution is 7.99. The molecule has 0 aromatic heterocycles. The highest BCUT2D eigenvalue weighted by atomic mass is 32.2. The van der Waals surface area contributed by atoms with Gasteiger partial charge in [0.25, 0.3) is 5.91 Å². The van der Waals surface area contributed by atoms with Gasteiger partial charge in [0.1, 0.15) is 0 Å². The summed E-state index contributed by atoms with van der Waals surface area (Å²) in [6, 6.07) is 17.3. The van der Waals surface area contributed by atoms with Gasteiger partial charge in [0.2, 0.25) is 0 Å². The van der Waals surface area contributed by atoms with Crippen LogP contribution in [-0.4, -0.2) is 24.7 Å². The first-order valence-corrected chi connectivity index (χ1v) is 8.93. The molecule has 0 saturated carbocycles. The van der Waals surface area contributed by atoms with Crippen LogP contribution in [0.25, 0.3) is 0 Å². The molecule has 4 nitrogen and oxygen atoms in total. The third kappa shape index (κ3) is 4.53. The lowest BCUT2D eigenvalue weighted by atomic mass is 10.2. The van der Waals surface area contributed by atoms with Crippen molar-refractivity contribution in [2.75, 3.05) is 29.1 Å². The van der Waals surface area contributed by atoms with E-state index in [2.05, 4.69) is 30.1 Å². The average Bonchev–Trinajstić information content (AvgIpc) is 2.62. The van der Waals surface area contributed by atoms with Crippen LogP contribution in [0.4, 0.5) is 11.4 Å². The fourth-order valence-corrected chi connectivity index (χ4v) is 3.14. The number of thioether (sulfide) groups is 1. The maximum atomic E-state index is 12.5. The Bertz CT molecular complexity index is 718. The molecular weight excluding hydrogens is 318 g/mol. The van der Waals surface area contributed by atoms with Gasteiger partial charge in [0.05, 0.1) is 17.4 Å². The van der Waals surface area contributed by atoms with E-state index in [1.807, 2.05) is 42.5 Å². The van der Waals surface area contributed by atoms with Gasteiger partial charge in [-0.3, -0.25) is 4.79 Å². The second-order valence-electron chi connectivity index (χ2n) is 5.12. The van der Waals surface area contributed by atoms with E-state index < -0.39 is 0 Å². The predicted octanol–water partition coefficient (Wildman–Crippen LogP) is 4.40. The van der Waals surface area contributed by atoms with Crippen molar-refractivity contribution in [2.45, 2.75) is 18.7 Å². The van der Waals surface area contributed by atoms with Crippen molar-refractivity contribution in [1.29, 1.82) is 5.26 Å². The fraction of sp³-hybridized carbons (Fsp3) is 0.263. The summed E-state index contributed by atoms with van der Waals surface area (Å²) in [5.41, 5.74) is 2.49. The Morgan fingerprint density at radius 2 is 1.79 bits per heavy atom. The molecule has 0 saturated heterocycles. The van der Waals surface area contributed by atoms with Gasteiger partial charge in [0.15, 0.2) is 0 Å². The lowest BCUT2D eigenvalue weighted by Gasteiger charge is -2.21. The Morgan fingerprint density at radius 1 is 1.12 bits per heavy atom. The van der Waals surface area contributed by atoms with Crippen molar-refractivity contribution in [3.8, 4) is 6.07 Å². The number of amides is 1. The lowest BCUT2D eigenvalue weighted by molar-refractivity contribution is 0.102. The molecule has 0 radical (unpaired) electrons. The van der Waals surface area contributed by atoms with Crippen LogP contribution in [0.2, 0.25) is 0 Å². The molecule has 1 amide bonds. The van der Waals surface area contributed by atoms with Gasteiger partial charge >= 0.3 is 0 Å². The van der Waals surface area contributed by atoms with Crippen LogP contribution in [-0.2, 0) is 0 Å². The summed E-state index contributed by atoms with van der Waals surface area (Å²) in [7, 11) is 0. The first-order chi connectivity index (χ1) is 11.7. The number of nitriles is 1. The Kier molecular flexibility index (Phi) is 6.71. The summed E-state index contributed by atoms with van der Waals surface area (Å²) >= 11 is 1.37. The predicted molar refractivity (Wildman–Crippen MR) is 101 cm³/mol. The van der Waals surface area contributed by atoms with Crippen LogP contribution in [0.1, 0.15) is 24.2 Å². The van der Waals surface area contributed by atoms with Crippen molar-refractivity contribution in [2.24, 2.45) is 0 Å². The fourth-order valence-electron chi connectivity index (χ4n) is 2.43. The van der Waals surface area contributed by atoms with Crippen molar-refractivity contribution in [3.05, 3.63) is 54.1 Å². The van der Waals surface area contributed by atoms with Crippen LogP contribution >= 0.6 is 11.8 Å². The zero-order chi connectivity index (χ0) is 17.4. The molecular formula is C19H21N3OS. The molecule has 0 aliphatic rings. The number of anilines is 2. The monoisotopic (exact) mass is 339 g/mol. The van der Waals surface area contributed by atoms with E-state index in [1.54, 1.807) is 6.07 Å². The van der Waals surface area contributed by atoms with Crippen molar-refractivity contribution in [3.63, 3.8) is 0 Å². The number of hydrogen-bond acceptors (Lipinski definition) is 4. The van der Waals surface area contributed by atoms with Gasteiger partial charge in [-0.05, 0) is 50.2 Å². The summed E-state index contributed by atoms with van der Waals surface area (Å²) in [4.78, 5) is 15.6. The zero-order valence-corrected chi connectivity index (χ0v) is 14.8. The molecule has 1 N–H and O–H groups in total. The van der Waals surface area contributed by atoms with E-state index >= 15 is 0 Å². The van der Waals surface area contributed by atoms with E-state index in [0.717, 1.165) is 29.4 Å². The van der Waals surface area contributed by atoms with Crippen LogP contribution in [0, 0.1) is 11.3 Å². The maximum absolute atomic E-state index is 12.5. The molecule has 0 spiro atoms. The largest absolute Gasteiger partial charge is 0.372 e. The standard InChI is InChI=1S/C19H21N3OS/c1-3-22(4-2)16-11-9-15(10-12-16)21-19(23)17-7-5-6-8-18(17)24-14-13-20/h5-12H,3-4,14H2,1-2H3,(H,21,23). The number of nitrogens with zero attached hydrogens (tertiary/aromatic N) is 2. The van der Waals surface area contributed by atoms with Crippen LogP contribution in [0.15, 0.2) is 53.4 Å². The second kappa shape index (κ2) is 8.99. The van der Waals surface area contributed by atoms with E-state index in [0.29, 0.717) is 11.3 Å². The summed E-state index contributed by atoms with van der Waals surface area (Å²) in [6.45, 7) is 6.14. The Labute approximate surface area is 147 Å². The first-order valence-electron chi connectivity index (χ1n) is 7.94. The number of nitrogens with one attached hydrogen (secondary N) is 1. The van der Waals surface area contributed by atoms with E-state index in [9.17, 15) is 4.79 Å². The molecule has 0 aliphatic carbocycles. The molecule has 0 unspecified atom stereocenters. The van der Waals surface area contributed by atoms with Crippen molar-refractivity contribution < 1.29 is 4.79 Å². The molecule has 2 rings (SSSR count). The minimum atomic E-state index is -0.161. The van der Waals surface area contributed by atoms with E-state index in [1.165, 1.54) is 11.8 Å². The number of hydrogen-bond donors (Lipinski definition) is 1. The third-order valence-corrected chi connectivity index (χ3v) is 4.62. The second-order valence-corrected chi connectivity index (χ2v) is 6.13. The summed E-state index contributed by atoms with van der Waals surface area (Å²) in [5.74, 6) is 0.162. The van der Waals surface area contributed by atoms with Crippen LogP contribution in [0.3, 0.4) is 0 Å². The molecule has 24 heavy (non-hydrogen) atoms. The quantitative estimate of drug-likeness (QED) is 0.760. The van der Waals surface area contributed by atoms with E-state index in [4.69, 9.17) is 5.26 Å². The van der Waals surface area contributed by atoms with Gasteiger partial charge in [-0.25, -0.2) is 0 Å². The van der Waals surface area contributed by atoms with Gasteiger partial charge in [-0.2, -0.15) is 5.26 Å². The van der Waals surface area contributed by atoms with Crippen LogP contribution < -0.4 is 10.2 Å². The van der Waals surface area contributed by atoms with Crippen molar-refractivity contribution >= 4 is 29.0 Å². The molecule has 0 fully saturated rings. The molecule has 2 aromatic carbocycles. The molecule has 124 valence electrons. The number of rotatable bonds is 7. The van der Waals surface area contributed by atoms with Crippen LogP contribution in [0.5, 0.6) is 0 Å². The van der Waals surface area contributed by atoms with Gasteiger partial charge in [-0.1, -0.05) is 12.1 Å². The smallest absolute Gasteiger partial charge is 0.256 e. The minimum Gasteiger partial charge on any atom is -0.372 e. The average molecular weight is 339 g/mol. The Morgan fingerprint density at radius 3 is 2.42 bits per heavy atom. The minimum absolute atomic E-state index is 0.161. The Balaban J connectivity index is 2.11. The van der Waals surface area contributed by atoms with Gasteiger partial charge < -0.3 is 10.2 Å². The van der Waals surface area contributed by atoms with E-state index in [-0.39, 0.29) is 5.91 Å². The molecule has 0 aliphatic heterocycles. The third-order valence-electron chi connectivity index (χ3n) is 3.68. The summed E-state index contributed by atoms with van der Waals surface area (Å²) in [6.07, 6.45) is 0. The van der Waals surface area contributed by atoms with Gasteiger partial charge in [-0.15, -0.1) is 11.8 Å². The number of benzene rings is 2. The Hall–Kier alpha value is -2.45. The molecule has 0 atom stereocenters. The highest BCUT2D eigenvalue weighted by Gasteiger charge is 2.11. The number of carbonyl (C=O) groups excluding carboxylic acids is 1. The zero-order valence-electron chi connectivity index (χ0n) is 14.0. The number of carbonyl (C=O) groups is 1. The molecule has 2 aromatic rings. The first kappa shape index (κ1) is 17.9. The lowest BCUT2D eigenvalue weighted by Crippen LogP contribution is -2.21. The van der Waals surface area contributed by atoms with Crippen molar-refractivity contribution in [1.82, 2.24) is 0 Å². The maximum Gasteiger partial charge on any atom is 0.256 e. The highest BCUT2D eigenvalue weighted by Crippen LogP contribution is 2.24. The molecule has 0 bridgehead atoms. The normalized spacial score (nSPS) is 10.0. The molecule has 5 heteroatoms. The SMILES string of the molecule is CCN(CC)c1ccc(NC(=O)c2ccccc2SCC#N)cc1. The molecule has 0 heterocycles. The summed E-state index contributed by atoms with van der Waals surface area (Å²) < 4.78 is 0.